The van der Waals surface area contributed by atoms with Crippen LogP contribution in [0.1, 0.15) is 22.3 Å². The lowest BCUT2D eigenvalue weighted by Crippen LogP contribution is -2.28. The third-order valence-electron chi connectivity index (χ3n) is 6.14. The van der Waals surface area contributed by atoms with E-state index in [9.17, 15) is 23.2 Å². The Bertz CT molecular complexity index is 1470. The number of benzene rings is 4. The zero-order chi connectivity index (χ0) is 24.8. The summed E-state index contributed by atoms with van der Waals surface area (Å²) >= 11 is 3.48. The van der Waals surface area contributed by atoms with E-state index >= 15 is 0 Å². The summed E-state index contributed by atoms with van der Waals surface area (Å²) in [7, 11) is -4.48. The van der Waals surface area contributed by atoms with Gasteiger partial charge in [-0.15, -0.1) is 4.33 Å². The minimum atomic E-state index is -4.48. The van der Waals surface area contributed by atoms with E-state index in [1.54, 1.807) is 72.8 Å². The summed E-state index contributed by atoms with van der Waals surface area (Å²) in [6, 6.07) is 22.9. The van der Waals surface area contributed by atoms with Crippen LogP contribution >= 0.6 is 12.9 Å². The van der Waals surface area contributed by atoms with Crippen LogP contribution in [0.2, 0.25) is 0 Å². The summed E-state index contributed by atoms with van der Waals surface area (Å²) < 4.78 is 37.8. The summed E-state index contributed by atoms with van der Waals surface area (Å²) in [4.78, 5) is 4.80. The first-order valence-electron chi connectivity index (χ1n) is 10.3. The first-order chi connectivity index (χ1) is 16.7. The molecule has 0 spiro atoms. The second-order valence-corrected chi connectivity index (χ2v) is 9.53. The summed E-state index contributed by atoms with van der Waals surface area (Å²) in [5.74, 6) is 0.429. The van der Waals surface area contributed by atoms with Gasteiger partial charge in [0.15, 0.2) is 5.75 Å². The van der Waals surface area contributed by atoms with Gasteiger partial charge in [0.05, 0.1) is 10.3 Å². The number of hydrogen-bond donors (Lipinski definition) is 4. The highest BCUT2D eigenvalue weighted by atomic mass is 32.2. The maximum Gasteiger partial charge on any atom is 0.294 e. The molecule has 0 aliphatic heterocycles. The molecule has 8 nitrogen and oxygen atoms in total. The normalized spacial score (nSPS) is 13.8. The van der Waals surface area contributed by atoms with Gasteiger partial charge in [-0.3, -0.25) is 4.55 Å². The Balaban J connectivity index is 1.89. The van der Waals surface area contributed by atoms with Gasteiger partial charge < -0.3 is 15.1 Å². The largest absolute Gasteiger partial charge is 0.508 e. The van der Waals surface area contributed by atoms with Crippen molar-refractivity contribution in [1.29, 1.82) is 0 Å². The van der Waals surface area contributed by atoms with E-state index < -0.39 is 15.5 Å². The average molecular weight is 511 g/mol. The van der Waals surface area contributed by atoms with Gasteiger partial charge in [0.1, 0.15) is 11.5 Å². The van der Waals surface area contributed by atoms with Crippen molar-refractivity contribution in [1.82, 2.24) is 0 Å². The molecule has 4 aromatic carbocycles. The summed E-state index contributed by atoms with van der Waals surface area (Å²) in [6.45, 7) is 0. The summed E-state index contributed by atoms with van der Waals surface area (Å²) in [5, 5.41) is 24.4. The van der Waals surface area contributed by atoms with Gasteiger partial charge in [0.25, 0.3) is 10.1 Å². The third-order valence-corrected chi connectivity index (χ3v) is 7.05. The van der Waals surface area contributed by atoms with Crippen molar-refractivity contribution in [2.45, 2.75) is 10.3 Å². The van der Waals surface area contributed by atoms with Gasteiger partial charge in [-0.2, -0.15) is 8.42 Å². The Morgan fingerprint density at radius 2 is 1.23 bits per heavy atom. The number of thiol groups is 1. The minimum absolute atomic E-state index is 0.0856. The quantitative estimate of drug-likeness (QED) is 0.0845. The minimum Gasteiger partial charge on any atom is -0.508 e. The SMILES string of the molecule is O=S(=O)(O)c1ccc2c(c1)-c1cc(OOOS)ccc1C2(c1ccc(O)cc1)c1ccc(O)cc1. The Hall–Kier alpha value is -3.54. The Morgan fingerprint density at radius 1 is 0.714 bits per heavy atom. The van der Waals surface area contributed by atoms with Crippen LogP contribution in [0.25, 0.3) is 11.1 Å². The van der Waals surface area contributed by atoms with Gasteiger partial charge in [-0.1, -0.05) is 36.4 Å². The molecule has 0 amide bonds. The number of phenolic OH excluding ortho intramolecular Hbond substituents is 2. The van der Waals surface area contributed by atoms with Gasteiger partial charge in [-0.05, 0) is 86.9 Å². The maximum atomic E-state index is 12.0. The molecule has 10 heteroatoms. The molecule has 178 valence electrons. The first kappa shape index (κ1) is 23.2. The van der Waals surface area contributed by atoms with E-state index in [4.69, 9.17) is 4.89 Å². The van der Waals surface area contributed by atoms with Crippen LogP contribution in [0.4, 0.5) is 0 Å². The van der Waals surface area contributed by atoms with Crippen molar-refractivity contribution in [3.8, 4) is 28.4 Å². The standard InChI is InChI=1S/C25H18O8S2/c26-17-5-1-15(2-6-17)25(16-3-7-18(27)8-4-16)23-11-9-19(31-32-33-34)13-21(23)22-14-20(35(28,29)30)10-12-24(22)25/h1-14,26-27,34H,(H,28,29,30). The molecule has 0 saturated carbocycles. The second-order valence-electron chi connectivity index (χ2n) is 7.96. The fourth-order valence-corrected chi connectivity index (χ4v) is 5.31. The lowest BCUT2D eigenvalue weighted by molar-refractivity contribution is -0.402. The van der Waals surface area contributed by atoms with E-state index in [1.165, 1.54) is 12.1 Å². The topological polar surface area (TPSA) is 123 Å². The molecule has 0 fully saturated rings. The van der Waals surface area contributed by atoms with Crippen LogP contribution in [-0.2, 0) is 24.9 Å². The fourth-order valence-electron chi connectivity index (χ4n) is 4.77. The van der Waals surface area contributed by atoms with Gasteiger partial charge in [-0.25, -0.2) is 0 Å². The van der Waals surface area contributed by atoms with E-state index in [0.29, 0.717) is 11.1 Å². The summed E-state index contributed by atoms with van der Waals surface area (Å²) in [5.41, 5.74) is 3.26. The first-order valence-corrected chi connectivity index (χ1v) is 12.1. The molecule has 1 aliphatic rings. The second kappa shape index (κ2) is 8.59. The zero-order valence-electron chi connectivity index (χ0n) is 17.8. The Kier molecular flexibility index (Phi) is 5.70. The van der Waals surface area contributed by atoms with Crippen LogP contribution in [0, 0.1) is 0 Å². The predicted molar refractivity (Wildman–Crippen MR) is 129 cm³/mol. The van der Waals surface area contributed by atoms with Crippen molar-refractivity contribution in [2.24, 2.45) is 0 Å². The van der Waals surface area contributed by atoms with E-state index in [2.05, 4.69) is 22.3 Å². The molecule has 0 aromatic heterocycles. The maximum absolute atomic E-state index is 12.0. The highest BCUT2D eigenvalue weighted by Crippen LogP contribution is 2.57. The van der Waals surface area contributed by atoms with Crippen molar-refractivity contribution >= 4 is 23.0 Å². The van der Waals surface area contributed by atoms with Crippen LogP contribution in [0.15, 0.2) is 89.8 Å². The molecule has 0 atom stereocenters. The van der Waals surface area contributed by atoms with Gasteiger partial charge in [0.2, 0.25) is 0 Å². The molecular formula is C25H18O8S2. The number of rotatable bonds is 6. The Morgan fingerprint density at radius 3 is 1.74 bits per heavy atom. The number of phenols is 2. The highest BCUT2D eigenvalue weighted by molar-refractivity contribution is 7.85. The van der Waals surface area contributed by atoms with Crippen LogP contribution in [0.5, 0.6) is 17.2 Å². The highest BCUT2D eigenvalue weighted by Gasteiger charge is 2.46. The number of fused-ring (bicyclic) bond motifs is 3. The van der Waals surface area contributed by atoms with Crippen LogP contribution in [-0.4, -0.2) is 23.2 Å². The van der Waals surface area contributed by atoms with Crippen molar-refractivity contribution in [2.75, 3.05) is 0 Å². The van der Waals surface area contributed by atoms with Crippen molar-refractivity contribution in [3.05, 3.63) is 107 Å². The van der Waals surface area contributed by atoms with E-state index in [0.717, 1.165) is 22.3 Å². The van der Waals surface area contributed by atoms with E-state index in [-0.39, 0.29) is 22.1 Å². The van der Waals surface area contributed by atoms with Crippen molar-refractivity contribution in [3.63, 3.8) is 0 Å². The summed E-state index contributed by atoms with van der Waals surface area (Å²) in [6.07, 6.45) is 0. The number of aromatic hydroxyl groups is 2. The molecule has 0 heterocycles. The Labute approximate surface area is 206 Å². The third kappa shape index (κ3) is 3.81. The lowest BCUT2D eigenvalue weighted by Gasteiger charge is -2.34. The predicted octanol–water partition coefficient (Wildman–Crippen LogP) is 4.79. The molecule has 4 aromatic rings. The monoisotopic (exact) mass is 510 g/mol. The van der Waals surface area contributed by atoms with E-state index in [1.807, 2.05) is 0 Å². The average Bonchev–Trinajstić information content (AvgIpc) is 3.13. The molecule has 0 radical (unpaired) electrons. The number of hydrogen-bond acceptors (Lipinski definition) is 8. The van der Waals surface area contributed by atoms with Crippen molar-refractivity contribution < 1.29 is 37.4 Å². The molecule has 0 unspecified atom stereocenters. The molecule has 35 heavy (non-hydrogen) atoms. The fraction of sp³-hybridized carbons (Fsp3) is 0.0400. The molecule has 3 N–H and O–H groups in total. The van der Waals surface area contributed by atoms with Gasteiger partial charge >= 0.3 is 0 Å². The molecule has 5 rings (SSSR count). The molecule has 0 saturated heterocycles. The van der Waals surface area contributed by atoms with Gasteiger partial charge in [0, 0.05) is 12.9 Å². The molecule has 1 aliphatic carbocycles. The smallest absolute Gasteiger partial charge is 0.294 e. The van der Waals surface area contributed by atoms with Crippen LogP contribution < -0.4 is 4.89 Å². The zero-order valence-corrected chi connectivity index (χ0v) is 19.5. The molecular weight excluding hydrogens is 492 g/mol. The van der Waals surface area contributed by atoms with Crippen LogP contribution in [0.3, 0.4) is 0 Å². The lowest BCUT2D eigenvalue weighted by atomic mass is 9.67. The molecule has 0 bridgehead atoms.